The molecule has 0 radical (unpaired) electrons. The SMILES string of the molecule is Cc1cc(C(F)(F)F)nn1CC(=O)N1CCC(n2ncc(C3=NO[C@H](c4ccccc4)C3)n2)CC1. The van der Waals surface area contributed by atoms with Crippen LogP contribution in [0.5, 0.6) is 0 Å². The Bertz CT molecular complexity index is 1230. The van der Waals surface area contributed by atoms with E-state index in [0.717, 1.165) is 22.0 Å². The second-order valence-corrected chi connectivity index (χ2v) is 8.74. The van der Waals surface area contributed by atoms with Crippen molar-refractivity contribution in [2.45, 2.75) is 51.1 Å². The average Bonchev–Trinajstić information content (AvgIpc) is 3.60. The molecule has 2 aromatic heterocycles. The molecule has 2 aliphatic heterocycles. The Labute approximate surface area is 199 Å². The zero-order valence-corrected chi connectivity index (χ0v) is 19.0. The number of hydrogen-bond donors (Lipinski definition) is 0. The van der Waals surface area contributed by atoms with Gasteiger partial charge in [-0.2, -0.15) is 33.3 Å². The number of carbonyl (C=O) groups excluding carboxylic acids is 1. The summed E-state index contributed by atoms with van der Waals surface area (Å²) in [6.45, 7) is 2.21. The standard InChI is InChI=1S/C23H24F3N7O2/c1-15-11-21(23(24,25)26)29-32(15)14-22(34)31-9-7-17(8-10-31)33-27-13-19(28-33)18-12-20(35-30-18)16-5-3-2-4-6-16/h2-6,11,13,17,20H,7-10,12,14H2,1H3/t20-/m0/s1. The molecule has 0 aliphatic carbocycles. The lowest BCUT2D eigenvalue weighted by molar-refractivity contribution is -0.142. The maximum Gasteiger partial charge on any atom is 0.435 e. The minimum atomic E-state index is -4.54. The first kappa shape index (κ1) is 23.1. The predicted octanol–water partition coefficient (Wildman–Crippen LogP) is 3.53. The summed E-state index contributed by atoms with van der Waals surface area (Å²) in [4.78, 5) is 21.5. The normalized spacial score (nSPS) is 19.0. The number of hydrogen-bond acceptors (Lipinski definition) is 6. The lowest BCUT2D eigenvalue weighted by Crippen LogP contribution is -2.41. The van der Waals surface area contributed by atoms with Crippen LogP contribution in [0.25, 0.3) is 0 Å². The molecule has 0 bridgehead atoms. The smallest absolute Gasteiger partial charge is 0.387 e. The first-order valence-electron chi connectivity index (χ1n) is 11.4. The molecule has 1 fully saturated rings. The third-order valence-electron chi connectivity index (χ3n) is 6.34. The van der Waals surface area contributed by atoms with E-state index >= 15 is 0 Å². The van der Waals surface area contributed by atoms with Gasteiger partial charge in [0.1, 0.15) is 18.0 Å². The number of aromatic nitrogens is 5. The van der Waals surface area contributed by atoms with Crippen molar-refractivity contribution in [3.63, 3.8) is 0 Å². The number of piperidine rings is 1. The van der Waals surface area contributed by atoms with Crippen LogP contribution in [-0.4, -0.2) is 54.4 Å². The Morgan fingerprint density at radius 3 is 2.57 bits per heavy atom. The van der Waals surface area contributed by atoms with Crippen LogP contribution in [0.1, 0.15) is 54.1 Å². The van der Waals surface area contributed by atoms with Gasteiger partial charge in [-0.05, 0) is 31.4 Å². The Balaban J connectivity index is 1.15. The van der Waals surface area contributed by atoms with E-state index in [9.17, 15) is 18.0 Å². The molecule has 4 heterocycles. The number of amides is 1. The molecule has 1 atom stereocenters. The summed E-state index contributed by atoms with van der Waals surface area (Å²) in [5, 5.41) is 16.7. The lowest BCUT2D eigenvalue weighted by atomic mass is 10.0. The van der Waals surface area contributed by atoms with E-state index in [0.29, 0.717) is 43.7 Å². The van der Waals surface area contributed by atoms with Gasteiger partial charge in [0.05, 0.1) is 12.2 Å². The van der Waals surface area contributed by atoms with Crippen LogP contribution in [0.3, 0.4) is 0 Å². The van der Waals surface area contributed by atoms with Crippen LogP contribution in [-0.2, 0) is 22.4 Å². The van der Waals surface area contributed by atoms with Gasteiger partial charge in [0, 0.05) is 25.2 Å². The maximum absolute atomic E-state index is 12.9. The number of rotatable bonds is 5. The van der Waals surface area contributed by atoms with Gasteiger partial charge >= 0.3 is 6.18 Å². The highest BCUT2D eigenvalue weighted by atomic mass is 19.4. The summed E-state index contributed by atoms with van der Waals surface area (Å²) >= 11 is 0. The Morgan fingerprint density at radius 1 is 1.14 bits per heavy atom. The van der Waals surface area contributed by atoms with Crippen molar-refractivity contribution < 1.29 is 22.8 Å². The van der Waals surface area contributed by atoms with Gasteiger partial charge in [0.25, 0.3) is 0 Å². The molecule has 9 nitrogen and oxygen atoms in total. The molecular weight excluding hydrogens is 463 g/mol. The van der Waals surface area contributed by atoms with E-state index in [4.69, 9.17) is 4.84 Å². The van der Waals surface area contributed by atoms with Crippen LogP contribution in [0, 0.1) is 6.92 Å². The quantitative estimate of drug-likeness (QED) is 0.549. The number of likely N-dealkylation sites (tertiary alicyclic amines) is 1. The summed E-state index contributed by atoms with van der Waals surface area (Å²) in [6, 6.07) is 10.8. The fraction of sp³-hybridized carbons (Fsp3) is 0.435. The van der Waals surface area contributed by atoms with Gasteiger partial charge in [0.15, 0.2) is 11.8 Å². The fourth-order valence-corrected chi connectivity index (χ4v) is 4.34. The van der Waals surface area contributed by atoms with Crippen molar-refractivity contribution in [2.24, 2.45) is 5.16 Å². The molecule has 1 saturated heterocycles. The second kappa shape index (κ2) is 9.16. The molecule has 5 rings (SSSR count). The number of oxime groups is 1. The number of halogens is 3. The van der Waals surface area contributed by atoms with Crippen LogP contribution in [0.4, 0.5) is 13.2 Å². The first-order valence-corrected chi connectivity index (χ1v) is 11.4. The van der Waals surface area contributed by atoms with Gasteiger partial charge in [-0.1, -0.05) is 35.5 Å². The van der Waals surface area contributed by atoms with Gasteiger partial charge < -0.3 is 9.74 Å². The molecule has 3 aromatic rings. The molecule has 1 amide bonds. The van der Waals surface area contributed by atoms with Gasteiger partial charge in [-0.25, -0.2) is 0 Å². The van der Waals surface area contributed by atoms with Gasteiger partial charge in [-0.15, -0.1) is 0 Å². The number of carbonyl (C=O) groups is 1. The summed E-state index contributed by atoms with van der Waals surface area (Å²) < 4.78 is 39.7. The Kier molecular flexibility index (Phi) is 6.03. The zero-order valence-electron chi connectivity index (χ0n) is 19.0. The molecule has 35 heavy (non-hydrogen) atoms. The van der Waals surface area contributed by atoms with Crippen molar-refractivity contribution in [3.05, 3.63) is 65.2 Å². The second-order valence-electron chi connectivity index (χ2n) is 8.74. The highest BCUT2D eigenvalue weighted by Crippen LogP contribution is 2.30. The van der Waals surface area contributed by atoms with Crippen molar-refractivity contribution in [2.75, 3.05) is 13.1 Å². The van der Waals surface area contributed by atoms with Crippen LogP contribution in [0.2, 0.25) is 0 Å². The van der Waals surface area contributed by atoms with E-state index in [1.54, 1.807) is 15.9 Å². The third kappa shape index (κ3) is 4.91. The molecule has 12 heteroatoms. The molecule has 0 spiro atoms. The maximum atomic E-state index is 12.9. The Morgan fingerprint density at radius 2 is 1.89 bits per heavy atom. The van der Waals surface area contributed by atoms with E-state index in [-0.39, 0.29) is 24.6 Å². The fourth-order valence-electron chi connectivity index (χ4n) is 4.34. The molecule has 2 aliphatic rings. The van der Waals surface area contributed by atoms with E-state index < -0.39 is 11.9 Å². The number of nitrogens with zero attached hydrogens (tertiary/aromatic N) is 7. The molecule has 0 unspecified atom stereocenters. The van der Waals surface area contributed by atoms with Crippen LogP contribution >= 0.6 is 0 Å². The van der Waals surface area contributed by atoms with Gasteiger partial charge in [-0.3, -0.25) is 9.48 Å². The lowest BCUT2D eigenvalue weighted by Gasteiger charge is -2.31. The topological polar surface area (TPSA) is 90.4 Å². The van der Waals surface area contributed by atoms with Crippen molar-refractivity contribution in [1.29, 1.82) is 0 Å². The highest BCUT2D eigenvalue weighted by Gasteiger charge is 2.35. The molecule has 0 N–H and O–H groups in total. The van der Waals surface area contributed by atoms with Crippen molar-refractivity contribution in [1.82, 2.24) is 29.7 Å². The monoisotopic (exact) mass is 487 g/mol. The molecule has 184 valence electrons. The third-order valence-corrected chi connectivity index (χ3v) is 6.34. The molecular formula is C23H24F3N7O2. The number of aryl methyl sites for hydroxylation is 1. The zero-order chi connectivity index (χ0) is 24.6. The van der Waals surface area contributed by atoms with E-state index in [1.165, 1.54) is 6.92 Å². The predicted molar refractivity (Wildman–Crippen MR) is 118 cm³/mol. The molecule has 1 aromatic carbocycles. The summed E-state index contributed by atoms with van der Waals surface area (Å²) in [6.07, 6.45) is -1.12. The van der Waals surface area contributed by atoms with Gasteiger partial charge in [0.2, 0.25) is 5.91 Å². The van der Waals surface area contributed by atoms with Crippen LogP contribution < -0.4 is 0 Å². The average molecular weight is 487 g/mol. The minimum Gasteiger partial charge on any atom is -0.387 e. The number of benzene rings is 1. The summed E-state index contributed by atoms with van der Waals surface area (Å²) in [5.74, 6) is -0.262. The van der Waals surface area contributed by atoms with Crippen molar-refractivity contribution in [3.8, 4) is 0 Å². The van der Waals surface area contributed by atoms with E-state index in [2.05, 4.69) is 20.5 Å². The van der Waals surface area contributed by atoms with Crippen molar-refractivity contribution >= 4 is 11.6 Å². The summed E-state index contributed by atoms with van der Waals surface area (Å²) in [7, 11) is 0. The summed E-state index contributed by atoms with van der Waals surface area (Å²) in [5.41, 5.74) is 1.76. The number of alkyl halides is 3. The largest absolute Gasteiger partial charge is 0.435 e. The molecule has 0 saturated carbocycles. The highest BCUT2D eigenvalue weighted by molar-refractivity contribution is 5.99. The van der Waals surface area contributed by atoms with E-state index in [1.807, 2.05) is 30.3 Å². The Hall–Kier alpha value is -3.70. The van der Waals surface area contributed by atoms with Crippen LogP contribution in [0.15, 0.2) is 47.8 Å². The first-order chi connectivity index (χ1) is 16.8. The minimum absolute atomic E-state index is 0.0175.